The van der Waals surface area contributed by atoms with Crippen molar-refractivity contribution in [2.45, 2.75) is 45.1 Å². The summed E-state index contributed by atoms with van der Waals surface area (Å²) in [6.07, 6.45) is 5.82. The number of hydrogen-bond acceptors (Lipinski definition) is 2. The van der Waals surface area contributed by atoms with Gasteiger partial charge in [-0.2, -0.15) is 0 Å². The maximum atomic E-state index is 12.6. The maximum Gasteiger partial charge on any atom is 0.253 e. The summed E-state index contributed by atoms with van der Waals surface area (Å²) in [5, 5.41) is 3.34. The summed E-state index contributed by atoms with van der Waals surface area (Å²) in [7, 11) is 1.97. The summed E-state index contributed by atoms with van der Waals surface area (Å²) in [5.41, 5.74) is 3.31. The third-order valence-electron chi connectivity index (χ3n) is 4.92. The molecule has 0 bridgehead atoms. The van der Waals surface area contributed by atoms with Gasteiger partial charge in [0.2, 0.25) is 0 Å². The van der Waals surface area contributed by atoms with Crippen molar-refractivity contribution in [3.8, 4) is 0 Å². The highest BCUT2D eigenvalue weighted by Gasteiger charge is 2.26. The molecule has 0 unspecified atom stereocenters. The summed E-state index contributed by atoms with van der Waals surface area (Å²) in [6, 6.07) is 6.50. The zero-order valence-electron chi connectivity index (χ0n) is 12.9. The molecule has 0 radical (unpaired) electrons. The molecule has 1 aliphatic carbocycles. The molecule has 1 aromatic carbocycles. The largest absolute Gasteiger partial charge is 0.384 e. The molecule has 0 saturated heterocycles. The molecule has 1 saturated carbocycles. The van der Waals surface area contributed by atoms with E-state index >= 15 is 0 Å². The molecule has 1 amide bonds. The lowest BCUT2D eigenvalue weighted by atomic mass is 9.86. The average molecular weight is 309 g/mol. The third-order valence-corrected chi connectivity index (χ3v) is 4.92. The van der Waals surface area contributed by atoms with E-state index in [1.54, 1.807) is 0 Å². The number of nitrogens with zero attached hydrogens (tertiary/aromatic N) is 1. The standard InChI is InChI=1S/C17H24N2O.ClH/c1-12-3-6-15(7-4-12)19(2)17(20)14-5-8-16-13(11-14)9-10-18-16;/h5,8,11-12,15,18H,3-4,6-7,9-10H2,1-2H3;1H. The number of amides is 1. The van der Waals surface area contributed by atoms with Crippen molar-refractivity contribution in [2.75, 3.05) is 18.9 Å². The Bertz CT molecular complexity index is 510. The molecule has 3 nitrogen and oxygen atoms in total. The molecule has 2 aliphatic rings. The fraction of sp³-hybridized carbons (Fsp3) is 0.588. The molecular formula is C17H25ClN2O. The molecule has 21 heavy (non-hydrogen) atoms. The van der Waals surface area contributed by atoms with Gasteiger partial charge in [-0.3, -0.25) is 4.79 Å². The second-order valence-corrected chi connectivity index (χ2v) is 6.38. The van der Waals surface area contributed by atoms with Crippen LogP contribution in [0.3, 0.4) is 0 Å². The molecule has 1 aliphatic heterocycles. The van der Waals surface area contributed by atoms with E-state index in [1.165, 1.54) is 24.1 Å². The Morgan fingerprint density at radius 2 is 1.95 bits per heavy atom. The highest BCUT2D eigenvalue weighted by atomic mass is 35.5. The first-order chi connectivity index (χ1) is 9.65. The van der Waals surface area contributed by atoms with Crippen LogP contribution in [0, 0.1) is 5.92 Å². The minimum Gasteiger partial charge on any atom is -0.384 e. The van der Waals surface area contributed by atoms with E-state index < -0.39 is 0 Å². The second kappa shape index (κ2) is 6.69. The van der Waals surface area contributed by atoms with Crippen molar-refractivity contribution in [2.24, 2.45) is 5.92 Å². The van der Waals surface area contributed by atoms with Gasteiger partial charge in [0.15, 0.2) is 0 Å². The topological polar surface area (TPSA) is 32.3 Å². The second-order valence-electron chi connectivity index (χ2n) is 6.38. The van der Waals surface area contributed by atoms with E-state index in [0.29, 0.717) is 6.04 Å². The van der Waals surface area contributed by atoms with Gasteiger partial charge in [-0.25, -0.2) is 0 Å². The lowest BCUT2D eigenvalue weighted by Gasteiger charge is -2.33. The summed E-state index contributed by atoms with van der Waals surface area (Å²) in [6.45, 7) is 3.30. The predicted molar refractivity (Wildman–Crippen MR) is 89.4 cm³/mol. The zero-order valence-corrected chi connectivity index (χ0v) is 13.7. The van der Waals surface area contributed by atoms with Crippen LogP contribution in [0.4, 0.5) is 5.69 Å². The molecule has 0 atom stereocenters. The van der Waals surface area contributed by atoms with Crippen LogP contribution in [0.2, 0.25) is 0 Å². The fourth-order valence-corrected chi connectivity index (χ4v) is 3.44. The number of halogens is 1. The van der Waals surface area contributed by atoms with Crippen LogP contribution in [-0.4, -0.2) is 30.4 Å². The zero-order chi connectivity index (χ0) is 14.1. The van der Waals surface area contributed by atoms with E-state index in [1.807, 2.05) is 24.1 Å². The SMILES string of the molecule is CC1CCC(N(C)C(=O)c2ccc3c(c2)CCN3)CC1.Cl. The van der Waals surface area contributed by atoms with E-state index in [4.69, 9.17) is 0 Å². The van der Waals surface area contributed by atoms with Crippen LogP contribution in [0.25, 0.3) is 0 Å². The Labute approximate surface area is 133 Å². The predicted octanol–water partition coefficient (Wildman–Crippen LogP) is 3.73. The smallest absolute Gasteiger partial charge is 0.253 e. The van der Waals surface area contributed by atoms with Gasteiger partial charge in [0, 0.05) is 30.9 Å². The first kappa shape index (κ1) is 16.2. The highest BCUT2D eigenvalue weighted by Crippen LogP contribution is 2.28. The molecule has 0 aromatic heterocycles. The lowest BCUT2D eigenvalue weighted by Crippen LogP contribution is -2.39. The molecule has 1 heterocycles. The molecule has 3 rings (SSSR count). The van der Waals surface area contributed by atoms with Crippen molar-refractivity contribution < 1.29 is 4.79 Å². The molecule has 116 valence electrons. The Morgan fingerprint density at radius 1 is 1.24 bits per heavy atom. The van der Waals surface area contributed by atoms with Crippen molar-refractivity contribution in [1.29, 1.82) is 0 Å². The first-order valence-corrected chi connectivity index (χ1v) is 7.79. The summed E-state index contributed by atoms with van der Waals surface area (Å²) in [4.78, 5) is 14.6. The molecule has 4 heteroatoms. The highest BCUT2D eigenvalue weighted by molar-refractivity contribution is 5.95. The third kappa shape index (κ3) is 3.34. The number of nitrogens with one attached hydrogen (secondary N) is 1. The van der Waals surface area contributed by atoms with Crippen LogP contribution >= 0.6 is 12.4 Å². The first-order valence-electron chi connectivity index (χ1n) is 7.79. The van der Waals surface area contributed by atoms with Gasteiger partial charge in [-0.1, -0.05) is 6.92 Å². The molecule has 0 spiro atoms. The fourth-order valence-electron chi connectivity index (χ4n) is 3.44. The summed E-state index contributed by atoms with van der Waals surface area (Å²) < 4.78 is 0. The number of carbonyl (C=O) groups excluding carboxylic acids is 1. The lowest BCUT2D eigenvalue weighted by molar-refractivity contribution is 0.0679. The van der Waals surface area contributed by atoms with E-state index in [0.717, 1.165) is 37.3 Å². The van der Waals surface area contributed by atoms with Crippen LogP contribution in [0.5, 0.6) is 0 Å². The van der Waals surface area contributed by atoms with Crippen LogP contribution in [-0.2, 0) is 6.42 Å². The quantitative estimate of drug-likeness (QED) is 0.903. The van der Waals surface area contributed by atoms with Gasteiger partial charge in [-0.05, 0) is 61.8 Å². The normalized spacial score (nSPS) is 23.7. The van der Waals surface area contributed by atoms with Crippen molar-refractivity contribution >= 4 is 24.0 Å². The maximum absolute atomic E-state index is 12.6. The monoisotopic (exact) mass is 308 g/mol. The molecular weight excluding hydrogens is 284 g/mol. The Kier molecular flexibility index (Phi) is 5.15. The Morgan fingerprint density at radius 3 is 2.67 bits per heavy atom. The minimum atomic E-state index is 0. The van der Waals surface area contributed by atoms with Crippen molar-refractivity contribution in [1.82, 2.24) is 4.90 Å². The van der Waals surface area contributed by atoms with E-state index in [9.17, 15) is 4.79 Å². The Hall–Kier alpha value is -1.22. The summed E-state index contributed by atoms with van der Waals surface area (Å²) >= 11 is 0. The van der Waals surface area contributed by atoms with Crippen LogP contribution in [0.15, 0.2) is 18.2 Å². The molecule has 1 aromatic rings. The van der Waals surface area contributed by atoms with Gasteiger partial charge >= 0.3 is 0 Å². The number of rotatable bonds is 2. The van der Waals surface area contributed by atoms with Crippen LogP contribution in [0.1, 0.15) is 48.5 Å². The van der Waals surface area contributed by atoms with Crippen molar-refractivity contribution in [3.05, 3.63) is 29.3 Å². The number of fused-ring (bicyclic) bond motifs is 1. The number of benzene rings is 1. The molecule has 1 fully saturated rings. The Balaban J connectivity index is 0.00000161. The van der Waals surface area contributed by atoms with Crippen LogP contribution < -0.4 is 5.32 Å². The van der Waals surface area contributed by atoms with Gasteiger partial charge in [0.05, 0.1) is 0 Å². The van der Waals surface area contributed by atoms with Crippen molar-refractivity contribution in [3.63, 3.8) is 0 Å². The summed E-state index contributed by atoms with van der Waals surface area (Å²) in [5.74, 6) is 1.00. The average Bonchev–Trinajstić information content (AvgIpc) is 2.94. The van der Waals surface area contributed by atoms with Gasteiger partial charge in [0.1, 0.15) is 0 Å². The van der Waals surface area contributed by atoms with Gasteiger partial charge < -0.3 is 10.2 Å². The number of anilines is 1. The van der Waals surface area contributed by atoms with Gasteiger partial charge in [0.25, 0.3) is 5.91 Å². The number of carbonyl (C=O) groups is 1. The van der Waals surface area contributed by atoms with E-state index in [2.05, 4.69) is 18.3 Å². The van der Waals surface area contributed by atoms with Gasteiger partial charge in [-0.15, -0.1) is 12.4 Å². The minimum absolute atomic E-state index is 0. The molecule has 1 N–H and O–H groups in total. The number of hydrogen-bond donors (Lipinski definition) is 1. The van der Waals surface area contributed by atoms with E-state index in [-0.39, 0.29) is 18.3 Å².